The largest absolute Gasteiger partial charge is 0.372 e. The molecule has 2 atom stereocenters. The van der Waals surface area contributed by atoms with Crippen LogP contribution in [0.4, 0.5) is 8.78 Å². The highest BCUT2D eigenvalue weighted by molar-refractivity contribution is 5.87. The Morgan fingerprint density at radius 1 is 1.03 bits per heavy atom. The molecular formula is C25H23F2N5O2. The molecule has 0 saturated carbocycles. The van der Waals surface area contributed by atoms with Crippen LogP contribution in [0.3, 0.4) is 0 Å². The lowest BCUT2D eigenvalue weighted by molar-refractivity contribution is -0.000632. The molecule has 34 heavy (non-hydrogen) atoms. The van der Waals surface area contributed by atoms with Gasteiger partial charge in [-0.3, -0.25) is 4.79 Å². The number of fused-ring (bicyclic) bond motifs is 1. The number of ether oxygens (including phenoxy) is 1. The first-order valence-corrected chi connectivity index (χ1v) is 11.1. The predicted octanol–water partition coefficient (Wildman–Crippen LogP) is 4.32. The van der Waals surface area contributed by atoms with Crippen LogP contribution in [0.5, 0.6) is 0 Å². The average Bonchev–Trinajstić information content (AvgIpc) is 2.81. The third-order valence-electron chi connectivity index (χ3n) is 6.35. The van der Waals surface area contributed by atoms with Gasteiger partial charge < -0.3 is 9.30 Å². The van der Waals surface area contributed by atoms with Crippen molar-refractivity contribution in [2.45, 2.75) is 38.7 Å². The smallest absolute Gasteiger partial charge is 0.250 e. The minimum atomic E-state index is -0.727. The van der Waals surface area contributed by atoms with E-state index in [2.05, 4.69) is 9.97 Å². The Bertz CT molecular complexity index is 1470. The molecule has 0 radical (unpaired) electrons. The highest BCUT2D eigenvalue weighted by Gasteiger charge is 2.30. The van der Waals surface area contributed by atoms with Gasteiger partial charge in [-0.25, -0.2) is 28.7 Å². The van der Waals surface area contributed by atoms with Gasteiger partial charge in [-0.15, -0.1) is 0 Å². The molecule has 174 valence electrons. The molecule has 0 bridgehead atoms. The normalized spacial score (nSPS) is 18.4. The fraction of sp³-hybridized carbons (Fsp3) is 0.320. The fourth-order valence-corrected chi connectivity index (χ4v) is 4.32. The molecule has 0 spiro atoms. The van der Waals surface area contributed by atoms with Gasteiger partial charge in [-0.05, 0) is 44.9 Å². The molecule has 3 aromatic heterocycles. The van der Waals surface area contributed by atoms with Crippen LogP contribution in [0.15, 0.2) is 41.2 Å². The highest BCUT2D eigenvalue weighted by Crippen LogP contribution is 2.37. The maximum Gasteiger partial charge on any atom is 0.250 e. The third kappa shape index (κ3) is 3.96. The quantitative estimate of drug-likeness (QED) is 0.450. The van der Waals surface area contributed by atoms with Crippen molar-refractivity contribution in [2.24, 2.45) is 7.05 Å². The van der Waals surface area contributed by atoms with E-state index in [0.29, 0.717) is 47.8 Å². The van der Waals surface area contributed by atoms with Gasteiger partial charge in [0, 0.05) is 43.0 Å². The number of aryl methyl sites for hydroxylation is 2. The lowest BCUT2D eigenvalue weighted by Gasteiger charge is -2.30. The molecule has 0 N–H and O–H groups in total. The van der Waals surface area contributed by atoms with Crippen LogP contribution in [0.2, 0.25) is 0 Å². The Morgan fingerprint density at radius 2 is 1.82 bits per heavy atom. The van der Waals surface area contributed by atoms with Gasteiger partial charge in [0.15, 0.2) is 5.65 Å². The van der Waals surface area contributed by atoms with Crippen molar-refractivity contribution in [1.29, 1.82) is 0 Å². The van der Waals surface area contributed by atoms with Gasteiger partial charge in [0.1, 0.15) is 28.7 Å². The van der Waals surface area contributed by atoms with Gasteiger partial charge in [0.05, 0.1) is 17.5 Å². The summed E-state index contributed by atoms with van der Waals surface area (Å²) in [4.78, 5) is 30.7. The Kier molecular flexibility index (Phi) is 5.65. The number of halogens is 2. The number of nitrogens with zero attached hydrogens (tertiary/aromatic N) is 5. The Labute approximate surface area is 194 Å². The molecule has 4 aromatic rings. The molecule has 1 saturated heterocycles. The molecule has 7 nitrogen and oxygen atoms in total. The topological polar surface area (TPSA) is 82.8 Å². The van der Waals surface area contributed by atoms with E-state index in [0.717, 1.165) is 11.8 Å². The number of hydrogen-bond acceptors (Lipinski definition) is 6. The Balaban J connectivity index is 1.63. The first kappa shape index (κ1) is 22.2. The highest BCUT2D eigenvalue weighted by atomic mass is 19.1. The van der Waals surface area contributed by atoms with E-state index in [1.54, 1.807) is 17.7 Å². The van der Waals surface area contributed by atoms with E-state index < -0.39 is 11.6 Å². The SMILES string of the molecule is Cc1nc2nc([C@@H]3CCO[C@H](c4cccc(=O)n4C)C3)nc(-c3ccc(F)cc3F)c2nc1C. The van der Waals surface area contributed by atoms with Crippen LogP contribution in [-0.2, 0) is 11.8 Å². The summed E-state index contributed by atoms with van der Waals surface area (Å²) in [6.45, 7) is 4.11. The molecule has 0 unspecified atom stereocenters. The summed E-state index contributed by atoms with van der Waals surface area (Å²) in [6.07, 6.45) is 0.896. The summed E-state index contributed by atoms with van der Waals surface area (Å²) < 4.78 is 35.9. The molecule has 1 fully saturated rings. The number of aromatic nitrogens is 5. The van der Waals surface area contributed by atoms with Crippen molar-refractivity contribution in [1.82, 2.24) is 24.5 Å². The predicted molar refractivity (Wildman–Crippen MR) is 122 cm³/mol. The van der Waals surface area contributed by atoms with E-state index in [1.807, 2.05) is 19.9 Å². The maximum atomic E-state index is 14.8. The second-order valence-electron chi connectivity index (χ2n) is 8.55. The zero-order valence-electron chi connectivity index (χ0n) is 19.0. The van der Waals surface area contributed by atoms with Gasteiger partial charge in [-0.2, -0.15) is 0 Å². The van der Waals surface area contributed by atoms with Crippen LogP contribution >= 0.6 is 0 Å². The van der Waals surface area contributed by atoms with E-state index in [1.165, 1.54) is 18.2 Å². The summed E-state index contributed by atoms with van der Waals surface area (Å²) in [7, 11) is 1.72. The van der Waals surface area contributed by atoms with Gasteiger partial charge in [0.25, 0.3) is 5.56 Å². The summed E-state index contributed by atoms with van der Waals surface area (Å²) in [5.74, 6) is -1.00. The first-order valence-electron chi connectivity index (χ1n) is 11.1. The minimum Gasteiger partial charge on any atom is -0.372 e. The number of hydrogen-bond donors (Lipinski definition) is 0. The van der Waals surface area contributed by atoms with Crippen LogP contribution in [0.25, 0.3) is 22.4 Å². The number of pyridine rings is 1. The third-order valence-corrected chi connectivity index (χ3v) is 6.35. The molecule has 5 rings (SSSR count). The Hall–Kier alpha value is -3.59. The van der Waals surface area contributed by atoms with Crippen molar-refractivity contribution in [3.8, 4) is 11.3 Å². The monoisotopic (exact) mass is 463 g/mol. The minimum absolute atomic E-state index is 0.107. The summed E-state index contributed by atoms with van der Waals surface area (Å²) in [5.41, 5.74) is 3.21. The second-order valence-corrected chi connectivity index (χ2v) is 8.55. The molecule has 0 amide bonds. The number of benzene rings is 1. The zero-order chi connectivity index (χ0) is 24.0. The summed E-state index contributed by atoms with van der Waals surface area (Å²) in [6, 6.07) is 8.47. The standard InChI is InChI=1S/C25H23F2N5O2/c1-13-14(2)29-25-23(28-13)22(17-8-7-16(26)12-18(17)27)30-24(31-25)15-9-10-34-20(11-15)19-5-4-6-21(33)32(19)3/h4-8,12,15,20H,9-11H2,1-3H3/t15-,20+/m1/s1. The molecule has 1 aromatic carbocycles. The van der Waals surface area contributed by atoms with E-state index in [9.17, 15) is 13.6 Å². The zero-order valence-corrected chi connectivity index (χ0v) is 19.0. The molecule has 1 aliphatic rings. The van der Waals surface area contributed by atoms with Crippen molar-refractivity contribution < 1.29 is 13.5 Å². The molecule has 4 heterocycles. The van der Waals surface area contributed by atoms with Crippen LogP contribution in [0, 0.1) is 25.5 Å². The molecular weight excluding hydrogens is 440 g/mol. The van der Waals surface area contributed by atoms with E-state index in [-0.39, 0.29) is 28.8 Å². The van der Waals surface area contributed by atoms with Crippen LogP contribution in [-0.4, -0.2) is 31.1 Å². The Morgan fingerprint density at radius 3 is 2.62 bits per heavy atom. The van der Waals surface area contributed by atoms with Crippen molar-refractivity contribution in [3.63, 3.8) is 0 Å². The van der Waals surface area contributed by atoms with Crippen molar-refractivity contribution in [2.75, 3.05) is 6.61 Å². The maximum absolute atomic E-state index is 14.8. The van der Waals surface area contributed by atoms with Crippen molar-refractivity contribution in [3.05, 3.63) is 81.3 Å². The number of rotatable bonds is 3. The van der Waals surface area contributed by atoms with E-state index in [4.69, 9.17) is 14.7 Å². The lowest BCUT2D eigenvalue weighted by Crippen LogP contribution is -2.26. The lowest BCUT2D eigenvalue weighted by atomic mass is 9.92. The van der Waals surface area contributed by atoms with E-state index >= 15 is 0 Å². The first-order chi connectivity index (χ1) is 16.3. The average molecular weight is 463 g/mol. The fourth-order valence-electron chi connectivity index (χ4n) is 4.32. The summed E-state index contributed by atoms with van der Waals surface area (Å²) in [5, 5.41) is 0. The molecule has 9 heteroatoms. The van der Waals surface area contributed by atoms with Crippen LogP contribution in [0.1, 0.15) is 47.8 Å². The summed E-state index contributed by atoms with van der Waals surface area (Å²) >= 11 is 0. The van der Waals surface area contributed by atoms with Gasteiger partial charge in [0.2, 0.25) is 0 Å². The van der Waals surface area contributed by atoms with Crippen LogP contribution < -0.4 is 5.56 Å². The molecule has 0 aliphatic carbocycles. The van der Waals surface area contributed by atoms with Gasteiger partial charge >= 0.3 is 0 Å². The van der Waals surface area contributed by atoms with Crippen molar-refractivity contribution >= 4 is 11.2 Å². The second kappa shape index (κ2) is 8.64. The molecule has 1 aliphatic heterocycles. The van der Waals surface area contributed by atoms with Gasteiger partial charge in [-0.1, -0.05) is 6.07 Å².